The molecule has 3 nitrogen and oxygen atoms in total. The Morgan fingerprint density at radius 2 is 0.978 bits per heavy atom. The molecule has 0 bridgehead atoms. The molecule has 0 amide bonds. The number of rotatable bonds is 10. The molecule has 1 aliphatic rings. The van der Waals surface area contributed by atoms with E-state index in [0.717, 1.165) is 25.8 Å². The van der Waals surface area contributed by atoms with Gasteiger partial charge < -0.3 is 9.47 Å². The Morgan fingerprint density at radius 1 is 0.533 bits per heavy atom. The van der Waals surface area contributed by atoms with Crippen LogP contribution >= 0.6 is 7.92 Å². The summed E-state index contributed by atoms with van der Waals surface area (Å²) in [6.07, 6.45) is 0.810. The molecular formula is C41H40NO2P. The molecule has 1 heterocycles. The highest BCUT2D eigenvalue weighted by Crippen LogP contribution is 2.40. The van der Waals surface area contributed by atoms with Gasteiger partial charge in [-0.1, -0.05) is 146 Å². The Kier molecular flexibility index (Phi) is 8.79. The lowest BCUT2D eigenvalue weighted by atomic mass is 10.0. The third-order valence-corrected chi connectivity index (χ3v) is 11.3. The highest BCUT2D eigenvalue weighted by atomic mass is 31.1. The van der Waals surface area contributed by atoms with Crippen molar-refractivity contribution in [1.82, 2.24) is 4.90 Å². The van der Waals surface area contributed by atoms with Crippen LogP contribution in [0, 0.1) is 0 Å². The van der Waals surface area contributed by atoms with Crippen LogP contribution < -0.4 is 10.6 Å². The second-order valence-corrected chi connectivity index (χ2v) is 14.7. The molecule has 6 aromatic rings. The Labute approximate surface area is 268 Å². The zero-order chi connectivity index (χ0) is 30.6. The van der Waals surface area contributed by atoms with Crippen molar-refractivity contribution in [2.75, 3.05) is 12.7 Å². The summed E-state index contributed by atoms with van der Waals surface area (Å²) in [7, 11) is -0.622. The van der Waals surface area contributed by atoms with E-state index in [1.165, 1.54) is 43.3 Å². The van der Waals surface area contributed by atoms with Gasteiger partial charge in [-0.25, -0.2) is 0 Å². The minimum atomic E-state index is -0.645. The van der Waals surface area contributed by atoms with Crippen molar-refractivity contribution < 1.29 is 9.47 Å². The molecule has 6 aromatic carbocycles. The Bertz CT molecular complexity index is 1740. The number of benzene rings is 6. The molecule has 7 rings (SSSR count). The van der Waals surface area contributed by atoms with E-state index in [9.17, 15) is 0 Å². The predicted octanol–water partition coefficient (Wildman–Crippen LogP) is 8.65. The van der Waals surface area contributed by atoms with Gasteiger partial charge in [-0.3, -0.25) is 4.90 Å². The zero-order valence-electron chi connectivity index (χ0n) is 26.1. The first-order valence-corrected chi connectivity index (χ1v) is 17.4. The van der Waals surface area contributed by atoms with Gasteiger partial charge >= 0.3 is 0 Å². The average Bonchev–Trinajstić information content (AvgIpc) is 3.36. The van der Waals surface area contributed by atoms with Crippen LogP contribution in [0.15, 0.2) is 146 Å². The summed E-state index contributed by atoms with van der Waals surface area (Å²) in [6, 6.07) is 52.6. The average molecular weight is 610 g/mol. The van der Waals surface area contributed by atoms with E-state index >= 15 is 0 Å². The molecule has 1 fully saturated rings. The van der Waals surface area contributed by atoms with Crippen LogP contribution in [-0.4, -0.2) is 35.6 Å². The van der Waals surface area contributed by atoms with Gasteiger partial charge in [0.1, 0.15) is 6.10 Å². The van der Waals surface area contributed by atoms with Gasteiger partial charge in [0, 0.05) is 25.8 Å². The standard InChI is InChI=1S/C41H40NO2P/c1-41(2)43-39(40(44-41)30-45(35-21-5-3-6-22-35)36-23-7-4-8-24-36)29-42(27-33-19-13-17-31-15-9-11-25-37(31)33)28-34-20-14-18-32-16-10-12-26-38(32)34/h3-26,39-40H,27-30H2,1-2H3/t39-,40-/m0/s1. The quantitative estimate of drug-likeness (QED) is 0.145. The summed E-state index contributed by atoms with van der Waals surface area (Å²) in [6.45, 7) is 6.54. The Hall–Kier alpha value is -3.85. The summed E-state index contributed by atoms with van der Waals surface area (Å²) < 4.78 is 13.5. The van der Waals surface area contributed by atoms with E-state index in [4.69, 9.17) is 9.47 Å². The number of nitrogens with zero attached hydrogens (tertiary/aromatic N) is 1. The highest BCUT2D eigenvalue weighted by molar-refractivity contribution is 7.73. The van der Waals surface area contributed by atoms with Gasteiger partial charge in [-0.15, -0.1) is 0 Å². The molecule has 4 heteroatoms. The summed E-state index contributed by atoms with van der Waals surface area (Å²) >= 11 is 0. The summed E-state index contributed by atoms with van der Waals surface area (Å²) in [5, 5.41) is 7.90. The van der Waals surface area contributed by atoms with Gasteiger partial charge in [-0.2, -0.15) is 0 Å². The van der Waals surface area contributed by atoms with Crippen LogP contribution in [0.3, 0.4) is 0 Å². The molecule has 0 aliphatic carbocycles. The summed E-state index contributed by atoms with van der Waals surface area (Å²) in [4.78, 5) is 2.57. The molecule has 226 valence electrons. The molecule has 0 aromatic heterocycles. The normalized spacial score (nSPS) is 17.9. The number of ether oxygens (including phenoxy) is 2. The van der Waals surface area contributed by atoms with Gasteiger partial charge in [0.05, 0.1) is 6.10 Å². The number of hydrogen-bond donors (Lipinski definition) is 0. The van der Waals surface area contributed by atoms with E-state index < -0.39 is 13.7 Å². The molecule has 2 atom stereocenters. The van der Waals surface area contributed by atoms with Crippen LogP contribution in [-0.2, 0) is 22.6 Å². The van der Waals surface area contributed by atoms with E-state index in [2.05, 4.69) is 164 Å². The minimum absolute atomic E-state index is 0.0333. The van der Waals surface area contributed by atoms with Crippen molar-refractivity contribution in [3.8, 4) is 0 Å². The smallest absolute Gasteiger partial charge is 0.163 e. The SMILES string of the molecule is CC1(C)O[C@@H](CN(Cc2cccc3ccccc23)Cc2cccc3ccccc23)[C@H](CP(c2ccccc2)c2ccccc2)O1. The fraction of sp³-hybridized carbons (Fsp3) is 0.220. The lowest BCUT2D eigenvalue weighted by molar-refractivity contribution is -0.146. The molecule has 0 saturated carbocycles. The lowest BCUT2D eigenvalue weighted by Gasteiger charge is -2.30. The highest BCUT2D eigenvalue weighted by Gasteiger charge is 2.43. The third kappa shape index (κ3) is 6.88. The van der Waals surface area contributed by atoms with E-state index in [1.54, 1.807) is 0 Å². The van der Waals surface area contributed by atoms with Crippen molar-refractivity contribution in [3.05, 3.63) is 157 Å². The predicted molar refractivity (Wildman–Crippen MR) is 190 cm³/mol. The van der Waals surface area contributed by atoms with Gasteiger partial charge in [0.2, 0.25) is 0 Å². The van der Waals surface area contributed by atoms with E-state index in [1.807, 2.05) is 0 Å². The minimum Gasteiger partial charge on any atom is -0.344 e. The molecule has 0 unspecified atom stereocenters. The van der Waals surface area contributed by atoms with Crippen molar-refractivity contribution in [2.24, 2.45) is 0 Å². The van der Waals surface area contributed by atoms with Crippen molar-refractivity contribution in [1.29, 1.82) is 0 Å². The first-order chi connectivity index (χ1) is 22.0. The number of fused-ring (bicyclic) bond motifs is 2. The van der Waals surface area contributed by atoms with Gasteiger partial charge in [-0.05, 0) is 65.0 Å². The fourth-order valence-corrected chi connectivity index (χ4v) is 9.21. The maximum atomic E-state index is 6.76. The van der Waals surface area contributed by atoms with Crippen LogP contribution in [0.4, 0.5) is 0 Å². The van der Waals surface area contributed by atoms with Crippen molar-refractivity contribution in [3.63, 3.8) is 0 Å². The van der Waals surface area contributed by atoms with Crippen molar-refractivity contribution in [2.45, 2.75) is 44.9 Å². The Morgan fingerprint density at radius 3 is 1.51 bits per heavy atom. The fourth-order valence-electron chi connectivity index (χ4n) is 6.76. The first kappa shape index (κ1) is 29.8. The topological polar surface area (TPSA) is 21.7 Å². The van der Waals surface area contributed by atoms with Gasteiger partial charge in [0.15, 0.2) is 5.79 Å². The first-order valence-electron chi connectivity index (χ1n) is 15.9. The largest absolute Gasteiger partial charge is 0.344 e. The van der Waals surface area contributed by atoms with Crippen molar-refractivity contribution >= 4 is 40.1 Å². The summed E-state index contributed by atoms with van der Waals surface area (Å²) in [5.74, 6) is -0.645. The van der Waals surface area contributed by atoms with E-state index in [-0.39, 0.29) is 12.2 Å². The molecule has 1 aliphatic heterocycles. The van der Waals surface area contributed by atoms with E-state index in [0.29, 0.717) is 0 Å². The maximum absolute atomic E-state index is 6.76. The maximum Gasteiger partial charge on any atom is 0.163 e. The molecular weight excluding hydrogens is 569 g/mol. The van der Waals surface area contributed by atoms with Gasteiger partial charge in [0.25, 0.3) is 0 Å². The zero-order valence-corrected chi connectivity index (χ0v) is 26.9. The molecule has 0 spiro atoms. The molecule has 1 saturated heterocycles. The van der Waals surface area contributed by atoms with Crippen LogP contribution in [0.2, 0.25) is 0 Å². The van der Waals surface area contributed by atoms with Crippen LogP contribution in [0.5, 0.6) is 0 Å². The number of hydrogen-bond acceptors (Lipinski definition) is 3. The second-order valence-electron chi connectivity index (χ2n) is 12.4. The third-order valence-electron chi connectivity index (χ3n) is 8.77. The van der Waals surface area contributed by atoms with Crippen LogP contribution in [0.1, 0.15) is 25.0 Å². The molecule has 45 heavy (non-hydrogen) atoms. The molecule has 0 radical (unpaired) electrons. The summed E-state index contributed by atoms with van der Waals surface area (Å²) in [5.41, 5.74) is 2.66. The monoisotopic (exact) mass is 609 g/mol. The second kappa shape index (κ2) is 13.3. The lowest BCUT2D eigenvalue weighted by Crippen LogP contribution is -2.39. The Balaban J connectivity index is 1.23. The van der Waals surface area contributed by atoms with Crippen LogP contribution in [0.25, 0.3) is 21.5 Å². The molecule has 0 N–H and O–H groups in total.